The molecule has 3 heteroatoms. The molecule has 2 aromatic rings. The summed E-state index contributed by atoms with van der Waals surface area (Å²) in [5.41, 5.74) is 3.80. The molecular formula is C33H46NPTi. The van der Waals surface area contributed by atoms with Gasteiger partial charge in [0.15, 0.2) is 0 Å². The maximum Gasteiger partial charge on any atom is 0.0425 e. The fourth-order valence-corrected chi connectivity index (χ4v) is 8.47. The van der Waals surface area contributed by atoms with Crippen molar-refractivity contribution in [3.63, 3.8) is 0 Å². The molecule has 1 nitrogen and oxygen atoms in total. The molecule has 0 spiro atoms. The second kappa shape index (κ2) is 20.4. The van der Waals surface area contributed by atoms with Crippen LogP contribution in [-0.4, -0.2) is 18.5 Å². The van der Waals surface area contributed by atoms with Gasteiger partial charge in [-0.05, 0) is 62.0 Å². The molecule has 0 saturated heterocycles. The number of rotatable bonds is 13. The molecule has 0 radical (unpaired) electrons. The van der Waals surface area contributed by atoms with E-state index in [4.69, 9.17) is 4.74 Å². The van der Waals surface area contributed by atoms with Crippen molar-refractivity contribution < 1.29 is 21.7 Å². The van der Waals surface area contributed by atoms with E-state index in [1.54, 1.807) is 0 Å². The summed E-state index contributed by atoms with van der Waals surface area (Å²) < 4.78 is 5.33. The predicted molar refractivity (Wildman–Crippen MR) is 161 cm³/mol. The summed E-state index contributed by atoms with van der Waals surface area (Å²) in [5.74, 6) is 0. The molecule has 1 aliphatic carbocycles. The number of hydrogen-bond donors (Lipinski definition) is 0. The molecule has 0 atom stereocenters. The number of nitrogens with zero attached hydrogens (tertiary/aromatic N) is 1. The molecule has 0 aliphatic heterocycles. The molecule has 2 aromatic carbocycles. The molecule has 192 valence electrons. The normalized spacial score (nSPS) is 12.8. The van der Waals surface area contributed by atoms with E-state index in [9.17, 15) is 0 Å². The molecule has 0 saturated carbocycles. The Morgan fingerprint density at radius 3 is 1.50 bits per heavy atom. The average Bonchev–Trinajstić information content (AvgIpc) is 3.42. The van der Waals surface area contributed by atoms with Gasteiger partial charge in [0, 0.05) is 33.8 Å². The Balaban J connectivity index is 0.000000354. The van der Waals surface area contributed by atoms with Gasteiger partial charge in [-0.2, -0.15) is 0 Å². The van der Waals surface area contributed by atoms with Gasteiger partial charge in [0.1, 0.15) is 0 Å². The van der Waals surface area contributed by atoms with Gasteiger partial charge in [0.2, 0.25) is 0 Å². The van der Waals surface area contributed by atoms with Crippen LogP contribution in [-0.2, 0) is 21.7 Å². The van der Waals surface area contributed by atoms with Crippen LogP contribution in [0.25, 0.3) is 12.2 Å². The molecule has 0 fully saturated rings. The summed E-state index contributed by atoms with van der Waals surface area (Å²) in [6.07, 6.45) is 28.2. The number of hydrogen-bond acceptors (Lipinski definition) is 1. The predicted octanol–water partition coefficient (Wildman–Crippen LogP) is 10.8. The minimum absolute atomic E-state index is 0. The second-order valence-corrected chi connectivity index (χ2v) is 13.0. The van der Waals surface area contributed by atoms with Crippen LogP contribution in [0.3, 0.4) is 0 Å². The molecule has 0 bridgehead atoms. The Morgan fingerprint density at radius 1 is 0.694 bits per heavy atom. The average molecular weight is 536 g/mol. The van der Waals surface area contributed by atoms with Gasteiger partial charge in [-0.1, -0.05) is 137 Å². The van der Waals surface area contributed by atoms with Gasteiger partial charge in [-0.25, -0.2) is 0 Å². The maximum absolute atomic E-state index is 5.33. The summed E-state index contributed by atoms with van der Waals surface area (Å²) in [4.78, 5) is 0. The van der Waals surface area contributed by atoms with Gasteiger partial charge in [-0.3, -0.25) is 4.74 Å². The fourth-order valence-electron chi connectivity index (χ4n) is 4.09. The Bertz CT molecular complexity index is 911. The topological polar surface area (TPSA) is 12.4 Å². The minimum atomic E-state index is -1.08. The first-order valence-corrected chi connectivity index (χ1v) is 15.9. The van der Waals surface area contributed by atoms with E-state index in [0.717, 1.165) is 6.42 Å². The van der Waals surface area contributed by atoms with Gasteiger partial charge in [-0.15, -0.1) is 0 Å². The van der Waals surface area contributed by atoms with Crippen molar-refractivity contribution >= 4 is 19.2 Å². The SMILES string of the molecule is C(C=Cc1ccccc1)=Cc1ccccc1.CCCCP(CCCC)(CCCC)=NC1=CC=CC1.[Ti]. The first-order chi connectivity index (χ1) is 17.2. The monoisotopic (exact) mass is 535 g/mol. The Hall–Kier alpha value is -1.66. The van der Waals surface area contributed by atoms with Crippen molar-refractivity contribution in [2.24, 2.45) is 4.74 Å². The Labute approximate surface area is 236 Å². The third kappa shape index (κ3) is 13.6. The van der Waals surface area contributed by atoms with Crippen molar-refractivity contribution in [1.29, 1.82) is 0 Å². The Kier molecular flexibility index (Phi) is 18.4. The van der Waals surface area contributed by atoms with Crippen molar-refractivity contribution in [3.8, 4) is 0 Å². The Morgan fingerprint density at radius 2 is 1.14 bits per heavy atom. The van der Waals surface area contributed by atoms with E-state index >= 15 is 0 Å². The zero-order valence-electron chi connectivity index (χ0n) is 22.8. The van der Waals surface area contributed by atoms with Crippen molar-refractivity contribution in [2.45, 2.75) is 65.7 Å². The van der Waals surface area contributed by atoms with E-state index in [1.807, 2.05) is 36.4 Å². The molecule has 3 rings (SSSR count). The maximum atomic E-state index is 5.33. The van der Waals surface area contributed by atoms with Crippen LogP contribution in [0.2, 0.25) is 0 Å². The van der Waals surface area contributed by atoms with Crippen LogP contribution >= 0.6 is 7.05 Å². The minimum Gasteiger partial charge on any atom is -0.272 e. The van der Waals surface area contributed by atoms with E-state index < -0.39 is 7.05 Å². The molecule has 0 N–H and O–H groups in total. The molecule has 1 aliphatic rings. The van der Waals surface area contributed by atoms with Gasteiger partial charge >= 0.3 is 0 Å². The first kappa shape index (κ1) is 32.4. The van der Waals surface area contributed by atoms with Crippen LogP contribution in [0.15, 0.2) is 101 Å². The van der Waals surface area contributed by atoms with E-state index in [0.29, 0.717) is 0 Å². The van der Waals surface area contributed by atoms with Gasteiger partial charge < -0.3 is 0 Å². The molecule has 0 amide bonds. The molecule has 0 unspecified atom stereocenters. The third-order valence-electron chi connectivity index (χ3n) is 6.16. The summed E-state index contributed by atoms with van der Waals surface area (Å²) in [6, 6.07) is 20.6. The van der Waals surface area contributed by atoms with Gasteiger partial charge in [0.25, 0.3) is 0 Å². The summed E-state index contributed by atoms with van der Waals surface area (Å²) in [6.45, 7) is 6.93. The molecular weight excluding hydrogens is 489 g/mol. The van der Waals surface area contributed by atoms with E-state index in [2.05, 4.69) is 87.6 Å². The number of unbranched alkanes of at least 4 members (excludes halogenated alkanes) is 3. The summed E-state index contributed by atoms with van der Waals surface area (Å²) in [7, 11) is -1.08. The van der Waals surface area contributed by atoms with Gasteiger partial charge in [0.05, 0.1) is 0 Å². The third-order valence-corrected chi connectivity index (χ3v) is 10.3. The molecule has 36 heavy (non-hydrogen) atoms. The first-order valence-electron chi connectivity index (χ1n) is 13.6. The number of allylic oxidation sites excluding steroid dienone is 5. The van der Waals surface area contributed by atoms with E-state index in [1.165, 1.54) is 73.8 Å². The van der Waals surface area contributed by atoms with Crippen molar-refractivity contribution in [3.05, 3.63) is 108 Å². The summed E-state index contributed by atoms with van der Waals surface area (Å²) >= 11 is 0. The van der Waals surface area contributed by atoms with Crippen LogP contribution in [0.4, 0.5) is 0 Å². The van der Waals surface area contributed by atoms with E-state index in [-0.39, 0.29) is 21.7 Å². The molecule has 0 heterocycles. The summed E-state index contributed by atoms with van der Waals surface area (Å²) in [5, 5.41) is 0. The largest absolute Gasteiger partial charge is 0.272 e. The standard InChI is InChI=1S/C17H32NP.C16H14.Ti/c1-4-7-14-19(15-8-5-2,16-9-6-3)18-17-12-10-11-13-17;1-3-9-15(10-4-1)13-7-8-14-16-11-5-2-6-12-16;/h10-12H,4-9,13-16H2,1-3H3;1-14H;. The number of benzene rings is 2. The van der Waals surface area contributed by atoms with Crippen molar-refractivity contribution in [2.75, 3.05) is 18.5 Å². The zero-order valence-corrected chi connectivity index (χ0v) is 25.2. The van der Waals surface area contributed by atoms with Crippen LogP contribution in [0, 0.1) is 0 Å². The fraction of sp³-hybridized carbons (Fsp3) is 0.394. The zero-order chi connectivity index (χ0) is 25.0. The van der Waals surface area contributed by atoms with Crippen LogP contribution < -0.4 is 0 Å². The van der Waals surface area contributed by atoms with Crippen molar-refractivity contribution in [1.82, 2.24) is 0 Å². The van der Waals surface area contributed by atoms with Crippen LogP contribution in [0.5, 0.6) is 0 Å². The smallest absolute Gasteiger partial charge is 0.0425 e. The quantitative estimate of drug-likeness (QED) is 0.137. The second-order valence-electron chi connectivity index (χ2n) is 9.26. The van der Waals surface area contributed by atoms with Crippen LogP contribution in [0.1, 0.15) is 76.8 Å². The molecule has 0 aromatic heterocycles.